The van der Waals surface area contributed by atoms with Crippen LogP contribution in [0, 0.1) is 6.92 Å². The number of rotatable bonds is 3. The van der Waals surface area contributed by atoms with Crippen LogP contribution >= 0.6 is 0 Å². The van der Waals surface area contributed by atoms with Crippen LogP contribution in [0.4, 0.5) is 5.69 Å². The van der Waals surface area contributed by atoms with Gasteiger partial charge in [0, 0.05) is 43.0 Å². The molecule has 0 saturated carbocycles. The molecule has 3 atom stereocenters. The first-order valence-electron chi connectivity index (χ1n) is 10.5. The van der Waals surface area contributed by atoms with Crippen molar-refractivity contribution in [2.75, 3.05) is 39.0 Å². The van der Waals surface area contributed by atoms with Crippen LogP contribution in [0.2, 0.25) is 0 Å². The van der Waals surface area contributed by atoms with Crippen molar-refractivity contribution >= 4 is 17.5 Å². The molecule has 152 valence electrons. The van der Waals surface area contributed by atoms with Crippen molar-refractivity contribution in [2.45, 2.75) is 57.7 Å². The van der Waals surface area contributed by atoms with Crippen LogP contribution in [-0.2, 0) is 11.2 Å². The fraction of sp³-hybridized carbons (Fsp3) is 0.636. The lowest BCUT2D eigenvalue weighted by Gasteiger charge is -2.52. The number of hydrogen-bond acceptors (Lipinski definition) is 4. The highest BCUT2D eigenvalue weighted by molar-refractivity contribution is 5.96. The van der Waals surface area contributed by atoms with Crippen molar-refractivity contribution in [3.8, 4) is 0 Å². The predicted molar refractivity (Wildman–Crippen MR) is 111 cm³/mol. The minimum absolute atomic E-state index is 0.124. The van der Waals surface area contributed by atoms with Crippen molar-refractivity contribution in [1.82, 2.24) is 14.7 Å². The first kappa shape index (κ1) is 19.2. The van der Waals surface area contributed by atoms with Gasteiger partial charge in [-0.15, -0.1) is 0 Å². The normalized spacial score (nSPS) is 24.8. The van der Waals surface area contributed by atoms with Crippen LogP contribution in [0.5, 0.6) is 0 Å². The SMILES string of the molecule is Cc1cc(C(=O)N2CC3CCC2CN3C(=O)[C@@H](C)N(C)C)cc2c1NCCC2. The molecule has 2 bridgehead atoms. The number of fused-ring (bicyclic) bond motifs is 4. The van der Waals surface area contributed by atoms with Gasteiger partial charge in [0.15, 0.2) is 0 Å². The van der Waals surface area contributed by atoms with E-state index in [0.29, 0.717) is 13.1 Å². The number of likely N-dealkylation sites (N-methyl/N-ethyl adjacent to an activating group) is 1. The molecular formula is C22H32N4O2. The summed E-state index contributed by atoms with van der Waals surface area (Å²) in [6.07, 6.45) is 4.12. The van der Waals surface area contributed by atoms with Crippen molar-refractivity contribution in [1.29, 1.82) is 0 Å². The summed E-state index contributed by atoms with van der Waals surface area (Å²) in [5, 5.41) is 3.47. The number of carbonyl (C=O) groups is 2. The van der Waals surface area contributed by atoms with Crippen LogP contribution in [0.15, 0.2) is 12.1 Å². The van der Waals surface area contributed by atoms with E-state index in [2.05, 4.69) is 18.3 Å². The standard InChI is InChI=1S/C22H32N4O2/c1-14-10-17(11-16-6-5-9-23-20(14)16)22(28)26-13-18-7-8-19(26)12-25(18)21(27)15(2)24(3)4/h10-11,15,18-19,23H,5-9,12-13H2,1-4H3/t15-,18?,19?/m1/s1. The van der Waals surface area contributed by atoms with E-state index in [1.807, 2.05) is 41.8 Å². The third kappa shape index (κ3) is 3.28. The van der Waals surface area contributed by atoms with Crippen LogP contribution in [0.1, 0.15) is 47.7 Å². The zero-order chi connectivity index (χ0) is 20.0. The number of anilines is 1. The number of piperidine rings is 2. The van der Waals surface area contributed by atoms with Crippen LogP contribution < -0.4 is 5.32 Å². The van der Waals surface area contributed by atoms with Gasteiger partial charge in [-0.2, -0.15) is 0 Å². The van der Waals surface area contributed by atoms with E-state index in [-0.39, 0.29) is 29.9 Å². The van der Waals surface area contributed by atoms with E-state index < -0.39 is 0 Å². The molecule has 4 aliphatic rings. The van der Waals surface area contributed by atoms with Gasteiger partial charge in [0.25, 0.3) is 5.91 Å². The van der Waals surface area contributed by atoms with Gasteiger partial charge < -0.3 is 15.1 Å². The Bertz CT molecular complexity index is 791. The summed E-state index contributed by atoms with van der Waals surface area (Å²) in [5.41, 5.74) is 4.41. The molecule has 5 rings (SSSR count). The third-order valence-corrected chi connectivity index (χ3v) is 6.79. The Kier molecular flexibility index (Phi) is 5.08. The van der Waals surface area contributed by atoms with E-state index in [9.17, 15) is 9.59 Å². The van der Waals surface area contributed by atoms with Crippen molar-refractivity contribution in [3.63, 3.8) is 0 Å². The molecule has 1 aromatic carbocycles. The van der Waals surface area contributed by atoms with Gasteiger partial charge in [0.05, 0.1) is 6.04 Å². The van der Waals surface area contributed by atoms with E-state index in [4.69, 9.17) is 0 Å². The third-order valence-electron chi connectivity index (χ3n) is 6.79. The van der Waals surface area contributed by atoms with Gasteiger partial charge in [-0.3, -0.25) is 14.5 Å². The molecule has 1 aromatic rings. The fourth-order valence-electron chi connectivity index (χ4n) is 4.90. The Hall–Kier alpha value is -2.08. The molecule has 1 N–H and O–H groups in total. The lowest BCUT2D eigenvalue weighted by atomic mass is 9.89. The topological polar surface area (TPSA) is 55.9 Å². The maximum absolute atomic E-state index is 13.3. The second-order valence-electron chi connectivity index (χ2n) is 8.83. The molecule has 28 heavy (non-hydrogen) atoms. The minimum Gasteiger partial charge on any atom is -0.385 e. The number of nitrogens with zero attached hydrogens (tertiary/aromatic N) is 3. The fourth-order valence-corrected chi connectivity index (χ4v) is 4.90. The summed E-state index contributed by atoms with van der Waals surface area (Å²) in [6, 6.07) is 4.25. The molecule has 3 saturated heterocycles. The molecule has 4 aliphatic heterocycles. The Balaban J connectivity index is 1.52. The summed E-state index contributed by atoms with van der Waals surface area (Å²) in [4.78, 5) is 32.2. The number of aryl methyl sites for hydroxylation is 2. The monoisotopic (exact) mass is 384 g/mol. The highest BCUT2D eigenvalue weighted by Crippen LogP contribution is 2.33. The first-order chi connectivity index (χ1) is 13.4. The second kappa shape index (κ2) is 7.39. The van der Waals surface area contributed by atoms with Gasteiger partial charge >= 0.3 is 0 Å². The van der Waals surface area contributed by atoms with Crippen LogP contribution in [0.3, 0.4) is 0 Å². The molecule has 3 fully saturated rings. The van der Waals surface area contributed by atoms with Gasteiger partial charge in [0.1, 0.15) is 0 Å². The molecule has 0 aliphatic carbocycles. The van der Waals surface area contributed by atoms with Crippen molar-refractivity contribution < 1.29 is 9.59 Å². The first-order valence-corrected chi connectivity index (χ1v) is 10.5. The molecule has 2 unspecified atom stereocenters. The predicted octanol–water partition coefficient (Wildman–Crippen LogP) is 2.12. The average molecular weight is 385 g/mol. The number of amides is 2. The molecule has 6 heteroatoms. The molecule has 0 spiro atoms. The van der Waals surface area contributed by atoms with E-state index in [0.717, 1.165) is 43.4 Å². The van der Waals surface area contributed by atoms with Gasteiger partial charge in [-0.05, 0) is 76.9 Å². The zero-order valence-corrected chi connectivity index (χ0v) is 17.5. The Morgan fingerprint density at radius 3 is 2.46 bits per heavy atom. The van der Waals surface area contributed by atoms with E-state index in [1.165, 1.54) is 11.3 Å². The Morgan fingerprint density at radius 1 is 1.14 bits per heavy atom. The summed E-state index contributed by atoms with van der Waals surface area (Å²) < 4.78 is 0. The molecule has 6 nitrogen and oxygen atoms in total. The molecule has 2 amide bonds. The van der Waals surface area contributed by atoms with Gasteiger partial charge in [0.2, 0.25) is 5.91 Å². The smallest absolute Gasteiger partial charge is 0.254 e. The van der Waals surface area contributed by atoms with Crippen LogP contribution in [0.25, 0.3) is 0 Å². The van der Waals surface area contributed by atoms with E-state index >= 15 is 0 Å². The molecular weight excluding hydrogens is 352 g/mol. The number of hydrogen-bond donors (Lipinski definition) is 1. The number of carbonyl (C=O) groups excluding carboxylic acids is 2. The van der Waals surface area contributed by atoms with E-state index in [1.54, 1.807) is 0 Å². The maximum atomic E-state index is 13.3. The highest BCUT2D eigenvalue weighted by Gasteiger charge is 2.44. The quantitative estimate of drug-likeness (QED) is 0.867. The van der Waals surface area contributed by atoms with Gasteiger partial charge in [-0.25, -0.2) is 0 Å². The molecule has 0 aromatic heterocycles. The number of piperazine rings is 1. The second-order valence-corrected chi connectivity index (χ2v) is 8.83. The number of nitrogens with one attached hydrogen (secondary N) is 1. The lowest BCUT2D eigenvalue weighted by molar-refractivity contribution is -0.144. The van der Waals surface area contributed by atoms with Crippen LogP contribution in [-0.4, -0.2) is 78.4 Å². The minimum atomic E-state index is -0.126. The number of benzene rings is 1. The maximum Gasteiger partial charge on any atom is 0.254 e. The molecule has 4 heterocycles. The Morgan fingerprint density at radius 2 is 1.82 bits per heavy atom. The van der Waals surface area contributed by atoms with Gasteiger partial charge in [-0.1, -0.05) is 0 Å². The summed E-state index contributed by atoms with van der Waals surface area (Å²) in [6.45, 7) is 6.37. The Labute approximate surface area is 167 Å². The van der Waals surface area contributed by atoms with Crippen molar-refractivity contribution in [3.05, 3.63) is 28.8 Å². The van der Waals surface area contributed by atoms with Crippen molar-refractivity contribution in [2.24, 2.45) is 0 Å². The lowest BCUT2D eigenvalue weighted by Crippen LogP contribution is -2.66. The summed E-state index contributed by atoms with van der Waals surface area (Å²) in [7, 11) is 3.88. The summed E-state index contributed by atoms with van der Waals surface area (Å²) in [5.74, 6) is 0.307. The highest BCUT2D eigenvalue weighted by atomic mass is 16.2. The average Bonchev–Trinajstić information content (AvgIpc) is 2.72. The molecule has 0 radical (unpaired) electrons. The zero-order valence-electron chi connectivity index (χ0n) is 17.5. The largest absolute Gasteiger partial charge is 0.385 e. The summed E-state index contributed by atoms with van der Waals surface area (Å²) >= 11 is 0.